The molecular formula is C28H33NO7. The van der Waals surface area contributed by atoms with Crippen molar-refractivity contribution >= 4 is 5.97 Å². The number of aliphatic hydroxyl groups is 1. The number of hydrogen-bond donors (Lipinski definition) is 2. The number of aryl methyl sites for hydroxylation is 1. The van der Waals surface area contributed by atoms with Crippen LogP contribution in [0.15, 0.2) is 54.6 Å². The topological polar surface area (TPSA) is 107 Å². The Morgan fingerprint density at radius 1 is 0.972 bits per heavy atom. The fourth-order valence-corrected chi connectivity index (χ4v) is 4.06. The van der Waals surface area contributed by atoms with Gasteiger partial charge in [-0.1, -0.05) is 36.4 Å². The number of carbonyl (C=O) groups is 1. The zero-order valence-electron chi connectivity index (χ0n) is 21.1. The smallest absolute Gasteiger partial charge is 0.308 e. The maximum absolute atomic E-state index is 11.1. The summed E-state index contributed by atoms with van der Waals surface area (Å²) in [5.74, 6) is 0.655. The van der Waals surface area contributed by atoms with E-state index in [0.717, 1.165) is 22.4 Å². The minimum absolute atomic E-state index is 0.170. The number of pyridine rings is 1. The molecule has 2 unspecified atom stereocenters. The average molecular weight is 496 g/mol. The second-order valence-corrected chi connectivity index (χ2v) is 8.40. The molecule has 0 bridgehead atoms. The molecular weight excluding hydrogens is 462 g/mol. The number of aromatic nitrogens is 1. The number of ether oxygens (including phenoxy) is 4. The first-order valence-electron chi connectivity index (χ1n) is 11.7. The number of carboxylic acids is 1. The average Bonchev–Trinajstić information content (AvgIpc) is 2.87. The molecule has 8 nitrogen and oxygen atoms in total. The van der Waals surface area contributed by atoms with E-state index in [9.17, 15) is 9.90 Å². The maximum atomic E-state index is 11.1. The Morgan fingerprint density at radius 3 is 2.22 bits per heavy atom. The summed E-state index contributed by atoms with van der Waals surface area (Å²) in [6, 6.07) is 16.9. The van der Waals surface area contributed by atoms with E-state index in [1.807, 2.05) is 49.4 Å². The first kappa shape index (κ1) is 27.0. The van der Waals surface area contributed by atoms with E-state index in [-0.39, 0.29) is 12.3 Å². The number of carboxylic acid groups (broad SMARTS) is 1. The molecule has 0 fully saturated rings. The van der Waals surface area contributed by atoms with Gasteiger partial charge in [0.15, 0.2) is 6.29 Å². The van der Waals surface area contributed by atoms with Crippen LogP contribution >= 0.6 is 0 Å². The number of benzene rings is 2. The normalized spacial score (nSPS) is 12.6. The van der Waals surface area contributed by atoms with Crippen LogP contribution in [0.25, 0.3) is 0 Å². The predicted molar refractivity (Wildman–Crippen MR) is 135 cm³/mol. The molecule has 2 atom stereocenters. The molecule has 3 rings (SSSR count). The van der Waals surface area contributed by atoms with Crippen molar-refractivity contribution in [3.05, 3.63) is 82.5 Å². The summed E-state index contributed by atoms with van der Waals surface area (Å²) < 4.78 is 22.5. The lowest BCUT2D eigenvalue weighted by molar-refractivity contribution is -0.138. The maximum Gasteiger partial charge on any atom is 0.308 e. The van der Waals surface area contributed by atoms with Crippen molar-refractivity contribution in [1.82, 2.24) is 4.98 Å². The van der Waals surface area contributed by atoms with Crippen LogP contribution in [0, 0.1) is 6.92 Å². The van der Waals surface area contributed by atoms with Crippen molar-refractivity contribution in [1.29, 1.82) is 0 Å². The van der Waals surface area contributed by atoms with Gasteiger partial charge in [0.25, 0.3) is 0 Å². The van der Waals surface area contributed by atoms with Gasteiger partial charge in [-0.25, -0.2) is 4.98 Å². The lowest BCUT2D eigenvalue weighted by atomic mass is 10.00. The van der Waals surface area contributed by atoms with Crippen LogP contribution in [0.3, 0.4) is 0 Å². The van der Waals surface area contributed by atoms with Crippen LogP contribution in [-0.2, 0) is 28.8 Å². The highest BCUT2D eigenvalue weighted by molar-refractivity contribution is 5.71. The van der Waals surface area contributed by atoms with Crippen LogP contribution in [0.5, 0.6) is 17.4 Å². The molecule has 1 heterocycles. The Morgan fingerprint density at radius 2 is 1.64 bits per heavy atom. The summed E-state index contributed by atoms with van der Waals surface area (Å²) in [7, 11) is 4.66. The number of aliphatic hydroxyl groups excluding tert-OH is 1. The summed E-state index contributed by atoms with van der Waals surface area (Å²) >= 11 is 0. The molecule has 2 N–H and O–H groups in total. The van der Waals surface area contributed by atoms with Gasteiger partial charge in [0.1, 0.15) is 11.5 Å². The predicted octanol–water partition coefficient (Wildman–Crippen LogP) is 4.29. The second-order valence-electron chi connectivity index (χ2n) is 8.40. The summed E-state index contributed by atoms with van der Waals surface area (Å²) in [6.45, 7) is 1.91. The van der Waals surface area contributed by atoms with Gasteiger partial charge in [0, 0.05) is 23.2 Å². The van der Waals surface area contributed by atoms with E-state index < -0.39 is 18.4 Å². The molecule has 0 spiro atoms. The highest BCUT2D eigenvalue weighted by Gasteiger charge is 2.21. The van der Waals surface area contributed by atoms with Gasteiger partial charge >= 0.3 is 5.97 Å². The van der Waals surface area contributed by atoms with Crippen molar-refractivity contribution in [2.75, 3.05) is 21.3 Å². The quantitative estimate of drug-likeness (QED) is 0.338. The third-order valence-corrected chi connectivity index (χ3v) is 5.92. The van der Waals surface area contributed by atoms with Crippen molar-refractivity contribution < 1.29 is 34.0 Å². The number of aliphatic carboxylic acids is 1. The van der Waals surface area contributed by atoms with Gasteiger partial charge in [-0.3, -0.25) is 4.79 Å². The van der Waals surface area contributed by atoms with Crippen LogP contribution in [0.4, 0.5) is 0 Å². The van der Waals surface area contributed by atoms with E-state index in [1.54, 1.807) is 26.4 Å². The zero-order chi connectivity index (χ0) is 26.1. The molecule has 8 heteroatoms. The minimum Gasteiger partial charge on any atom is -0.496 e. The molecule has 3 aromatic rings. The lowest BCUT2D eigenvalue weighted by Crippen LogP contribution is -2.20. The Balaban J connectivity index is 1.85. The molecule has 0 radical (unpaired) electrons. The minimum atomic E-state index is -1.03. The van der Waals surface area contributed by atoms with Gasteiger partial charge in [-0.15, -0.1) is 0 Å². The molecule has 36 heavy (non-hydrogen) atoms. The fourth-order valence-electron chi connectivity index (χ4n) is 4.06. The Hall–Kier alpha value is -3.62. The molecule has 0 saturated heterocycles. The molecule has 0 aliphatic carbocycles. The largest absolute Gasteiger partial charge is 0.496 e. The van der Waals surface area contributed by atoms with Crippen molar-refractivity contribution in [3.8, 4) is 17.4 Å². The summed E-state index contributed by atoms with van der Waals surface area (Å²) in [6.07, 6.45) is -0.347. The molecule has 192 valence electrons. The van der Waals surface area contributed by atoms with Crippen molar-refractivity contribution in [3.63, 3.8) is 0 Å². The van der Waals surface area contributed by atoms with Gasteiger partial charge in [-0.2, -0.15) is 0 Å². The Labute approximate surface area is 211 Å². The van der Waals surface area contributed by atoms with Crippen LogP contribution in [0.1, 0.15) is 40.5 Å². The summed E-state index contributed by atoms with van der Waals surface area (Å²) in [5, 5.41) is 19.9. The summed E-state index contributed by atoms with van der Waals surface area (Å²) in [4.78, 5) is 15.6. The number of rotatable bonds is 13. The first-order valence-corrected chi connectivity index (χ1v) is 11.7. The van der Waals surface area contributed by atoms with E-state index in [0.29, 0.717) is 36.3 Å². The molecule has 1 aromatic heterocycles. The van der Waals surface area contributed by atoms with E-state index in [4.69, 9.17) is 24.1 Å². The van der Waals surface area contributed by atoms with Crippen LogP contribution < -0.4 is 14.2 Å². The number of hydrogen-bond acceptors (Lipinski definition) is 7. The molecule has 0 amide bonds. The Bertz CT molecular complexity index is 1120. The van der Waals surface area contributed by atoms with Crippen LogP contribution in [-0.4, -0.2) is 48.8 Å². The number of nitrogens with zero attached hydrogens (tertiary/aromatic N) is 1. The fraction of sp³-hybridized carbons (Fsp3) is 0.357. The van der Waals surface area contributed by atoms with Crippen molar-refractivity contribution in [2.24, 2.45) is 0 Å². The molecule has 0 aliphatic heterocycles. The number of methoxy groups -OCH3 is 3. The Kier molecular flexibility index (Phi) is 9.67. The lowest BCUT2D eigenvalue weighted by Gasteiger charge is -2.24. The summed E-state index contributed by atoms with van der Waals surface area (Å²) in [5.41, 5.74) is 3.86. The van der Waals surface area contributed by atoms with E-state index in [1.165, 1.54) is 7.11 Å². The van der Waals surface area contributed by atoms with Gasteiger partial charge < -0.3 is 29.2 Å². The van der Waals surface area contributed by atoms with Gasteiger partial charge in [0.05, 0.1) is 33.9 Å². The third-order valence-electron chi connectivity index (χ3n) is 5.92. The SMILES string of the molecule is COc1cc(C(CCc2ccc(CC(=O)O)c(OC)n2)OC(O)Cc2ccccc2)cc(OC)c1C. The monoisotopic (exact) mass is 495 g/mol. The highest BCUT2D eigenvalue weighted by Crippen LogP contribution is 2.35. The van der Waals surface area contributed by atoms with Gasteiger partial charge in [-0.05, 0) is 49.1 Å². The van der Waals surface area contributed by atoms with E-state index >= 15 is 0 Å². The van der Waals surface area contributed by atoms with Crippen LogP contribution in [0.2, 0.25) is 0 Å². The molecule has 0 saturated carbocycles. The van der Waals surface area contributed by atoms with Gasteiger partial charge in [0.2, 0.25) is 5.88 Å². The van der Waals surface area contributed by atoms with Crippen molar-refractivity contribution in [2.45, 2.75) is 45.0 Å². The first-order chi connectivity index (χ1) is 17.3. The zero-order valence-corrected chi connectivity index (χ0v) is 21.1. The highest BCUT2D eigenvalue weighted by atomic mass is 16.6. The van der Waals surface area contributed by atoms with E-state index in [2.05, 4.69) is 4.98 Å². The standard InChI is InChI=1S/C28H33NO7/c1-18-24(33-2)15-21(16-25(18)34-3)23(36-27(32)14-19-8-6-5-7-9-19)13-12-22-11-10-20(17-26(30)31)28(29-22)35-4/h5-11,15-16,23,27,32H,12-14,17H2,1-4H3,(H,30,31). The second kappa shape index (κ2) is 12.9. The third kappa shape index (κ3) is 7.19. The molecule has 2 aromatic carbocycles. The molecule has 0 aliphatic rings.